The van der Waals surface area contributed by atoms with Crippen molar-refractivity contribution in [2.75, 3.05) is 0 Å². The molecular formula is C9H13BrF2N2. The lowest BCUT2D eigenvalue weighted by Crippen LogP contribution is -2.25. The molecule has 0 fully saturated rings. The van der Waals surface area contributed by atoms with Gasteiger partial charge in [0.05, 0.1) is 15.7 Å². The van der Waals surface area contributed by atoms with Gasteiger partial charge in [-0.25, -0.2) is 8.78 Å². The van der Waals surface area contributed by atoms with E-state index in [0.717, 1.165) is 0 Å². The first-order valence-corrected chi connectivity index (χ1v) is 5.08. The Morgan fingerprint density at radius 3 is 2.14 bits per heavy atom. The molecule has 0 aliphatic heterocycles. The second kappa shape index (κ2) is 3.61. The van der Waals surface area contributed by atoms with Crippen molar-refractivity contribution in [2.45, 2.75) is 39.7 Å². The van der Waals surface area contributed by atoms with Crippen LogP contribution in [0.25, 0.3) is 0 Å². The van der Waals surface area contributed by atoms with Crippen LogP contribution in [0.15, 0.2) is 4.47 Å². The van der Waals surface area contributed by atoms with Gasteiger partial charge in [-0.15, -0.1) is 0 Å². The molecule has 0 aliphatic rings. The zero-order valence-electron chi connectivity index (χ0n) is 8.61. The Balaban J connectivity index is 3.37. The summed E-state index contributed by atoms with van der Waals surface area (Å²) in [4.78, 5) is 0. The molecule has 1 aromatic rings. The summed E-state index contributed by atoms with van der Waals surface area (Å²) >= 11 is 3.13. The average Bonchev–Trinajstić information content (AvgIpc) is 2.27. The van der Waals surface area contributed by atoms with Crippen LogP contribution in [0, 0.1) is 6.92 Å². The fourth-order valence-corrected chi connectivity index (χ4v) is 1.65. The molecule has 0 atom stereocenters. The summed E-state index contributed by atoms with van der Waals surface area (Å²) in [6.45, 7) is 7.24. The maximum Gasteiger partial charge on any atom is 0.281 e. The molecule has 0 aromatic carbocycles. The minimum Gasteiger partial charge on any atom is -0.257 e. The van der Waals surface area contributed by atoms with Gasteiger partial charge in [-0.3, -0.25) is 4.68 Å². The van der Waals surface area contributed by atoms with Crippen LogP contribution in [0.5, 0.6) is 0 Å². The van der Waals surface area contributed by atoms with Crippen LogP contribution in [0.3, 0.4) is 0 Å². The summed E-state index contributed by atoms with van der Waals surface area (Å²) in [6.07, 6.45) is -2.51. The maximum absolute atomic E-state index is 12.7. The normalized spacial score (nSPS) is 12.6. The van der Waals surface area contributed by atoms with E-state index in [1.165, 1.54) is 4.68 Å². The number of nitrogens with zero attached hydrogens (tertiary/aromatic N) is 2. The number of hydrogen-bond donors (Lipinski definition) is 0. The first-order valence-electron chi connectivity index (χ1n) is 4.28. The Morgan fingerprint density at radius 1 is 1.36 bits per heavy atom. The summed E-state index contributed by atoms with van der Waals surface area (Å²) in [5.41, 5.74) is 0.118. The molecule has 1 rings (SSSR count). The number of rotatable bonds is 1. The van der Waals surface area contributed by atoms with Crippen molar-refractivity contribution in [3.63, 3.8) is 0 Å². The van der Waals surface area contributed by atoms with Crippen LogP contribution < -0.4 is 0 Å². The molecule has 0 saturated heterocycles. The van der Waals surface area contributed by atoms with Gasteiger partial charge in [0, 0.05) is 0 Å². The van der Waals surface area contributed by atoms with E-state index in [9.17, 15) is 8.78 Å². The number of aryl methyl sites for hydroxylation is 1. The second-order valence-electron chi connectivity index (χ2n) is 4.17. The predicted molar refractivity (Wildman–Crippen MR) is 54.6 cm³/mol. The topological polar surface area (TPSA) is 17.8 Å². The van der Waals surface area contributed by atoms with Gasteiger partial charge in [-0.2, -0.15) is 5.10 Å². The molecule has 80 valence electrons. The smallest absolute Gasteiger partial charge is 0.257 e. The summed E-state index contributed by atoms with van der Waals surface area (Å²) in [7, 11) is 0. The monoisotopic (exact) mass is 266 g/mol. The lowest BCUT2D eigenvalue weighted by molar-refractivity contribution is 0.129. The van der Waals surface area contributed by atoms with Crippen molar-refractivity contribution in [3.05, 3.63) is 15.9 Å². The first-order chi connectivity index (χ1) is 6.25. The molecule has 0 aliphatic carbocycles. The van der Waals surface area contributed by atoms with Crippen LogP contribution in [0.2, 0.25) is 0 Å². The number of halogens is 3. The third-order valence-electron chi connectivity index (χ3n) is 1.86. The van der Waals surface area contributed by atoms with Crippen LogP contribution in [0.4, 0.5) is 8.78 Å². The first kappa shape index (κ1) is 11.6. The molecule has 0 spiro atoms. The molecule has 0 saturated carbocycles. The van der Waals surface area contributed by atoms with Gasteiger partial charge in [0.25, 0.3) is 6.43 Å². The summed E-state index contributed by atoms with van der Waals surface area (Å²) in [5.74, 6) is 0. The third-order valence-corrected chi connectivity index (χ3v) is 2.84. The molecule has 5 heteroatoms. The lowest BCUT2D eigenvalue weighted by atomic mass is 10.1. The van der Waals surface area contributed by atoms with Gasteiger partial charge in [0.2, 0.25) is 0 Å². The second-order valence-corrected chi connectivity index (χ2v) is 4.96. The van der Waals surface area contributed by atoms with E-state index in [1.807, 2.05) is 20.8 Å². The molecule has 1 aromatic heterocycles. The van der Waals surface area contributed by atoms with E-state index in [4.69, 9.17) is 0 Å². The van der Waals surface area contributed by atoms with E-state index in [2.05, 4.69) is 21.0 Å². The van der Waals surface area contributed by atoms with E-state index < -0.39 is 12.0 Å². The highest BCUT2D eigenvalue weighted by Crippen LogP contribution is 2.33. The molecule has 0 N–H and O–H groups in total. The van der Waals surface area contributed by atoms with Crippen LogP contribution in [-0.4, -0.2) is 9.78 Å². The van der Waals surface area contributed by atoms with Gasteiger partial charge in [0.1, 0.15) is 5.69 Å². The lowest BCUT2D eigenvalue weighted by Gasteiger charge is -2.22. The largest absolute Gasteiger partial charge is 0.281 e. The van der Waals surface area contributed by atoms with Crippen LogP contribution >= 0.6 is 15.9 Å². The van der Waals surface area contributed by atoms with Crippen molar-refractivity contribution in [1.82, 2.24) is 9.78 Å². The Morgan fingerprint density at radius 2 is 1.86 bits per heavy atom. The highest BCUT2D eigenvalue weighted by atomic mass is 79.9. The Labute approximate surface area is 90.4 Å². The van der Waals surface area contributed by atoms with Gasteiger partial charge in [-0.1, -0.05) is 0 Å². The van der Waals surface area contributed by atoms with E-state index in [0.29, 0.717) is 10.2 Å². The zero-order chi connectivity index (χ0) is 11.1. The SMILES string of the molecule is Cc1nn(C(C)(C)C)c(C(F)F)c1Br. The predicted octanol–water partition coefficient (Wildman–Crippen LogP) is 3.65. The fourth-order valence-electron chi connectivity index (χ4n) is 1.23. The third kappa shape index (κ3) is 1.97. The van der Waals surface area contributed by atoms with Crippen molar-refractivity contribution in [2.24, 2.45) is 0 Å². The van der Waals surface area contributed by atoms with E-state index in [1.54, 1.807) is 6.92 Å². The molecule has 0 bridgehead atoms. The number of alkyl halides is 2. The highest BCUT2D eigenvalue weighted by molar-refractivity contribution is 9.10. The Hall–Kier alpha value is -0.450. The Bertz CT molecular complexity index is 339. The highest BCUT2D eigenvalue weighted by Gasteiger charge is 2.27. The van der Waals surface area contributed by atoms with Gasteiger partial charge >= 0.3 is 0 Å². The van der Waals surface area contributed by atoms with Gasteiger partial charge in [-0.05, 0) is 43.6 Å². The van der Waals surface area contributed by atoms with Crippen molar-refractivity contribution >= 4 is 15.9 Å². The molecule has 0 radical (unpaired) electrons. The zero-order valence-corrected chi connectivity index (χ0v) is 10.2. The van der Waals surface area contributed by atoms with Crippen molar-refractivity contribution < 1.29 is 8.78 Å². The van der Waals surface area contributed by atoms with Crippen molar-refractivity contribution in [3.8, 4) is 0 Å². The minimum atomic E-state index is -2.51. The molecular weight excluding hydrogens is 254 g/mol. The standard InChI is InChI=1S/C9H13BrF2N2/c1-5-6(10)7(8(11)12)14(13-5)9(2,3)4/h8H,1-4H3. The quantitative estimate of drug-likeness (QED) is 0.759. The fraction of sp³-hybridized carbons (Fsp3) is 0.667. The Kier molecular flexibility index (Phi) is 2.99. The summed E-state index contributed by atoms with van der Waals surface area (Å²) in [5, 5.41) is 4.09. The average molecular weight is 267 g/mol. The van der Waals surface area contributed by atoms with Gasteiger partial charge in [0.15, 0.2) is 0 Å². The maximum atomic E-state index is 12.7. The van der Waals surface area contributed by atoms with Crippen LogP contribution in [0.1, 0.15) is 38.6 Å². The van der Waals surface area contributed by atoms with Crippen LogP contribution in [-0.2, 0) is 5.54 Å². The summed E-state index contributed by atoms with van der Waals surface area (Å²) < 4.78 is 27.3. The number of hydrogen-bond acceptors (Lipinski definition) is 1. The van der Waals surface area contributed by atoms with Gasteiger partial charge < -0.3 is 0 Å². The number of aromatic nitrogens is 2. The van der Waals surface area contributed by atoms with Crippen molar-refractivity contribution in [1.29, 1.82) is 0 Å². The molecule has 0 amide bonds. The molecule has 0 unspecified atom stereocenters. The minimum absolute atomic E-state index is 0.0463. The molecule has 2 nitrogen and oxygen atoms in total. The molecule has 1 heterocycles. The van der Waals surface area contributed by atoms with E-state index in [-0.39, 0.29) is 5.69 Å². The van der Waals surface area contributed by atoms with E-state index >= 15 is 0 Å². The molecule has 14 heavy (non-hydrogen) atoms. The summed E-state index contributed by atoms with van der Waals surface area (Å²) in [6, 6.07) is 0.